The van der Waals surface area contributed by atoms with Crippen LogP contribution >= 0.6 is 0 Å². The predicted molar refractivity (Wildman–Crippen MR) is 41.3 cm³/mol. The predicted octanol–water partition coefficient (Wildman–Crippen LogP) is 0.679. The Labute approximate surface area is 59.3 Å². The second-order valence-electron chi connectivity index (χ2n) is 2.83. The second-order valence-corrected chi connectivity index (χ2v) is 12.8. The van der Waals surface area contributed by atoms with Gasteiger partial charge in [0.15, 0.2) is 0 Å². The van der Waals surface area contributed by atoms with Crippen LogP contribution < -0.4 is 0 Å². The van der Waals surface area contributed by atoms with E-state index in [0.717, 1.165) is 10.4 Å². The van der Waals surface area contributed by atoms with E-state index < -0.39 is 13.6 Å². The Hall–Kier alpha value is 0.478. The maximum atomic E-state index is 8.59. The molecule has 2 nitrogen and oxygen atoms in total. The zero-order chi connectivity index (χ0) is 7.33. The van der Waals surface area contributed by atoms with Crippen LogP contribution in [0.15, 0.2) is 0 Å². The van der Waals surface area contributed by atoms with Crippen molar-refractivity contribution in [2.75, 3.05) is 13.2 Å². The Morgan fingerprint density at radius 2 is 1.33 bits per heavy atom. The molecule has 0 saturated carbocycles. The summed E-state index contributed by atoms with van der Waals surface area (Å²) >= 11 is -1.51. The van der Waals surface area contributed by atoms with Crippen molar-refractivity contribution < 1.29 is 10.2 Å². The fraction of sp³-hybridized carbons (Fsp3) is 1.00. The van der Waals surface area contributed by atoms with E-state index in [0.29, 0.717) is 13.2 Å². The van der Waals surface area contributed by atoms with Gasteiger partial charge in [-0.1, -0.05) is 0 Å². The maximum absolute atomic E-state index is 8.59. The van der Waals surface area contributed by atoms with Gasteiger partial charge in [-0.15, -0.1) is 0 Å². The Morgan fingerprint density at radius 3 is 1.56 bits per heavy atom. The molecule has 0 aromatic rings. The van der Waals surface area contributed by atoms with Crippen LogP contribution in [-0.4, -0.2) is 37.0 Å². The summed E-state index contributed by atoms with van der Waals surface area (Å²) in [5.41, 5.74) is 4.43. The summed E-state index contributed by atoms with van der Waals surface area (Å²) in [6.45, 7) is 0.583. The van der Waals surface area contributed by atoms with E-state index in [1.807, 2.05) is 0 Å². The number of hydrogen-bond acceptors (Lipinski definition) is 2. The third kappa shape index (κ3) is 4.95. The molecule has 0 bridgehead atoms. The van der Waals surface area contributed by atoms with Crippen molar-refractivity contribution in [3.05, 3.63) is 0 Å². The van der Waals surface area contributed by atoms with Crippen molar-refractivity contribution in [2.24, 2.45) is 0 Å². The minimum absolute atomic E-state index is 0.292. The Bertz CT molecular complexity index is 65.5. The summed E-state index contributed by atoms with van der Waals surface area (Å²) in [6.07, 6.45) is 0. The SMILES string of the molecule is C[As](C)(CCO)CCO. The molecule has 0 aliphatic carbocycles. The van der Waals surface area contributed by atoms with Gasteiger partial charge in [-0.2, -0.15) is 0 Å². The molecular weight excluding hydrogens is 179 g/mol. The Kier molecular flexibility index (Phi) is 4.55. The van der Waals surface area contributed by atoms with Crippen molar-refractivity contribution in [1.29, 1.82) is 0 Å². The van der Waals surface area contributed by atoms with Crippen LogP contribution in [0.2, 0.25) is 21.8 Å². The normalized spacial score (nSPS) is 12.0. The van der Waals surface area contributed by atoms with E-state index in [1.165, 1.54) is 0 Å². The molecule has 0 atom stereocenters. The first-order valence-electron chi connectivity index (χ1n) is 3.16. The average Bonchev–Trinajstić information content (AvgIpc) is 1.64. The molecular formula is C6H16AsO2. The van der Waals surface area contributed by atoms with Gasteiger partial charge in [-0.25, -0.2) is 0 Å². The molecule has 0 aliphatic rings. The van der Waals surface area contributed by atoms with Crippen LogP contribution in [0, 0.1) is 0 Å². The number of hydrogen-bond donors (Lipinski definition) is 2. The van der Waals surface area contributed by atoms with Crippen LogP contribution in [0.3, 0.4) is 0 Å². The first kappa shape index (κ1) is 9.48. The van der Waals surface area contributed by atoms with E-state index in [1.54, 1.807) is 0 Å². The van der Waals surface area contributed by atoms with Gasteiger partial charge in [0.1, 0.15) is 0 Å². The van der Waals surface area contributed by atoms with Crippen molar-refractivity contribution in [2.45, 2.75) is 21.8 Å². The number of aliphatic hydroxyl groups is 2. The molecule has 0 aromatic carbocycles. The van der Waals surface area contributed by atoms with Gasteiger partial charge < -0.3 is 0 Å². The number of rotatable bonds is 4. The summed E-state index contributed by atoms with van der Waals surface area (Å²) in [7, 11) is 0. The average molecular weight is 195 g/mol. The van der Waals surface area contributed by atoms with Gasteiger partial charge in [0.25, 0.3) is 0 Å². The Balaban J connectivity index is 3.43. The van der Waals surface area contributed by atoms with Crippen LogP contribution in [0.4, 0.5) is 0 Å². The van der Waals surface area contributed by atoms with E-state index in [2.05, 4.69) is 11.4 Å². The molecule has 0 unspecified atom stereocenters. The first-order valence-corrected chi connectivity index (χ1v) is 9.57. The van der Waals surface area contributed by atoms with E-state index >= 15 is 0 Å². The van der Waals surface area contributed by atoms with E-state index in [4.69, 9.17) is 10.2 Å². The fourth-order valence-electron chi connectivity index (χ4n) is 0.653. The van der Waals surface area contributed by atoms with Gasteiger partial charge in [0.05, 0.1) is 0 Å². The van der Waals surface area contributed by atoms with Crippen LogP contribution in [-0.2, 0) is 0 Å². The van der Waals surface area contributed by atoms with Gasteiger partial charge in [-0.05, 0) is 0 Å². The molecule has 0 amide bonds. The molecule has 0 heterocycles. The molecule has 9 heavy (non-hydrogen) atoms. The standard InChI is InChI=1S/C6H16AsO2/c1-7(2,3-5-8)4-6-9/h8-9H,3-6H2,1-2H3. The molecule has 0 saturated heterocycles. The van der Waals surface area contributed by atoms with Crippen molar-refractivity contribution >= 4 is 13.6 Å². The molecule has 0 aromatic heterocycles. The summed E-state index contributed by atoms with van der Waals surface area (Å²) in [4.78, 5) is 0. The Morgan fingerprint density at radius 1 is 1.00 bits per heavy atom. The molecule has 57 valence electrons. The van der Waals surface area contributed by atoms with Crippen LogP contribution in [0.25, 0.3) is 0 Å². The first-order chi connectivity index (χ1) is 4.12. The zero-order valence-electron chi connectivity index (χ0n) is 6.17. The summed E-state index contributed by atoms with van der Waals surface area (Å²) in [6, 6.07) is 0. The van der Waals surface area contributed by atoms with E-state index in [9.17, 15) is 0 Å². The third-order valence-electron chi connectivity index (χ3n) is 1.41. The third-order valence-corrected chi connectivity index (χ3v) is 7.33. The molecule has 3 heteroatoms. The topological polar surface area (TPSA) is 40.5 Å². The minimum atomic E-state index is -1.51. The van der Waals surface area contributed by atoms with Crippen LogP contribution in [0.5, 0.6) is 0 Å². The van der Waals surface area contributed by atoms with Gasteiger partial charge in [-0.3, -0.25) is 0 Å². The summed E-state index contributed by atoms with van der Waals surface area (Å²) in [5, 5.41) is 19.1. The molecule has 1 radical (unpaired) electrons. The van der Waals surface area contributed by atoms with Crippen LogP contribution in [0.1, 0.15) is 0 Å². The number of aliphatic hydroxyl groups excluding tert-OH is 2. The van der Waals surface area contributed by atoms with Crippen molar-refractivity contribution in [3.8, 4) is 0 Å². The van der Waals surface area contributed by atoms with E-state index in [-0.39, 0.29) is 0 Å². The van der Waals surface area contributed by atoms with Gasteiger partial charge in [0, 0.05) is 0 Å². The fourth-order valence-corrected chi connectivity index (χ4v) is 3.39. The second kappa shape index (κ2) is 4.32. The zero-order valence-corrected chi connectivity index (χ0v) is 8.05. The molecule has 0 aliphatic heterocycles. The molecule has 0 fully saturated rings. The molecule has 0 rings (SSSR count). The molecule has 0 spiro atoms. The quantitative estimate of drug-likeness (QED) is 0.647. The molecule has 2 N–H and O–H groups in total. The van der Waals surface area contributed by atoms with Crippen molar-refractivity contribution in [1.82, 2.24) is 0 Å². The monoisotopic (exact) mass is 195 g/mol. The van der Waals surface area contributed by atoms with Gasteiger partial charge in [0.2, 0.25) is 0 Å². The summed E-state index contributed by atoms with van der Waals surface area (Å²) in [5.74, 6) is 0. The summed E-state index contributed by atoms with van der Waals surface area (Å²) < 4.78 is 0. The van der Waals surface area contributed by atoms with Gasteiger partial charge >= 0.3 is 58.8 Å². The van der Waals surface area contributed by atoms with Crippen molar-refractivity contribution in [3.63, 3.8) is 0 Å².